The Morgan fingerprint density at radius 3 is 2.69 bits per heavy atom. The van der Waals surface area contributed by atoms with Crippen LogP contribution in [-0.4, -0.2) is 23.8 Å². The van der Waals surface area contributed by atoms with E-state index in [1.807, 2.05) is 6.92 Å². The molecule has 1 saturated carbocycles. The van der Waals surface area contributed by atoms with Gasteiger partial charge >= 0.3 is 5.97 Å². The summed E-state index contributed by atoms with van der Waals surface area (Å²) in [5.74, 6) is -0.0990. The summed E-state index contributed by atoms with van der Waals surface area (Å²) in [5.41, 5.74) is -1.24. The molecule has 0 saturated heterocycles. The zero-order valence-corrected chi connectivity index (χ0v) is 8.54. The molecular formula is C10H18O3. The second-order valence-corrected chi connectivity index (χ2v) is 4.07. The van der Waals surface area contributed by atoms with Crippen molar-refractivity contribution in [2.45, 2.75) is 38.7 Å². The Bertz CT molecular complexity index is 202. The van der Waals surface area contributed by atoms with E-state index in [1.165, 1.54) is 7.11 Å². The van der Waals surface area contributed by atoms with Crippen LogP contribution in [0.25, 0.3) is 0 Å². The summed E-state index contributed by atoms with van der Waals surface area (Å²) in [6.07, 6.45) is 2.52. The minimum Gasteiger partial charge on any atom is -0.467 e. The number of carbonyl (C=O) groups is 1. The highest BCUT2D eigenvalue weighted by atomic mass is 16.5. The van der Waals surface area contributed by atoms with Gasteiger partial charge < -0.3 is 9.84 Å². The Kier molecular flexibility index (Phi) is 2.96. The number of hydrogen-bond acceptors (Lipinski definition) is 3. The Morgan fingerprint density at radius 1 is 1.54 bits per heavy atom. The van der Waals surface area contributed by atoms with Crippen molar-refractivity contribution in [1.82, 2.24) is 0 Å². The summed E-state index contributed by atoms with van der Waals surface area (Å²) in [7, 11) is 1.33. The molecule has 0 aliphatic heterocycles. The zero-order valence-electron chi connectivity index (χ0n) is 8.54. The van der Waals surface area contributed by atoms with Crippen LogP contribution >= 0.6 is 0 Å². The quantitative estimate of drug-likeness (QED) is 0.629. The molecule has 0 spiro atoms. The van der Waals surface area contributed by atoms with Crippen LogP contribution in [0.5, 0.6) is 0 Å². The van der Waals surface area contributed by atoms with Crippen molar-refractivity contribution in [3.63, 3.8) is 0 Å². The molecular weight excluding hydrogens is 168 g/mol. The Morgan fingerprint density at radius 2 is 2.15 bits per heavy atom. The molecule has 0 bridgehead atoms. The highest BCUT2D eigenvalue weighted by molar-refractivity contribution is 5.79. The standard InChI is InChI=1S/C10H18O3/c1-7-5-4-6-10(12,8(7)2)9(11)13-3/h7-8,12H,4-6H2,1-3H3. The normalized spacial score (nSPS) is 40.0. The molecule has 1 fully saturated rings. The van der Waals surface area contributed by atoms with Crippen LogP contribution in [0.15, 0.2) is 0 Å². The Labute approximate surface area is 79.1 Å². The fourth-order valence-corrected chi connectivity index (χ4v) is 2.11. The summed E-state index contributed by atoms with van der Waals surface area (Å²) < 4.78 is 4.62. The van der Waals surface area contributed by atoms with Gasteiger partial charge in [0.1, 0.15) is 0 Å². The molecule has 1 aliphatic rings. The maximum Gasteiger partial charge on any atom is 0.338 e. The summed E-state index contributed by atoms with van der Waals surface area (Å²) in [6, 6.07) is 0. The Balaban J connectivity index is 2.80. The smallest absolute Gasteiger partial charge is 0.338 e. The van der Waals surface area contributed by atoms with Gasteiger partial charge in [0.15, 0.2) is 5.60 Å². The van der Waals surface area contributed by atoms with E-state index in [9.17, 15) is 9.90 Å². The minimum atomic E-state index is -1.24. The van der Waals surface area contributed by atoms with E-state index in [1.54, 1.807) is 0 Å². The van der Waals surface area contributed by atoms with Gasteiger partial charge in [0.25, 0.3) is 0 Å². The van der Waals surface area contributed by atoms with Crippen molar-refractivity contribution in [3.8, 4) is 0 Å². The van der Waals surface area contributed by atoms with E-state index in [2.05, 4.69) is 11.7 Å². The number of esters is 1. The van der Waals surface area contributed by atoms with Crippen LogP contribution in [0.3, 0.4) is 0 Å². The van der Waals surface area contributed by atoms with Crippen LogP contribution in [0.2, 0.25) is 0 Å². The molecule has 1 N–H and O–H groups in total. The lowest BCUT2D eigenvalue weighted by molar-refractivity contribution is -0.175. The van der Waals surface area contributed by atoms with Crippen LogP contribution in [0, 0.1) is 11.8 Å². The molecule has 3 nitrogen and oxygen atoms in total. The zero-order chi connectivity index (χ0) is 10.1. The van der Waals surface area contributed by atoms with E-state index < -0.39 is 11.6 Å². The predicted molar refractivity (Wildman–Crippen MR) is 49.1 cm³/mol. The Hall–Kier alpha value is -0.570. The molecule has 0 aromatic rings. The molecule has 0 aromatic heterocycles. The van der Waals surface area contributed by atoms with Gasteiger partial charge in [-0.05, 0) is 24.7 Å². The van der Waals surface area contributed by atoms with Crippen molar-refractivity contribution in [3.05, 3.63) is 0 Å². The topological polar surface area (TPSA) is 46.5 Å². The second-order valence-electron chi connectivity index (χ2n) is 4.07. The number of rotatable bonds is 1. The number of aliphatic hydroxyl groups is 1. The largest absolute Gasteiger partial charge is 0.467 e. The maximum absolute atomic E-state index is 11.4. The predicted octanol–water partition coefficient (Wildman–Crippen LogP) is 1.35. The van der Waals surface area contributed by atoms with Crippen molar-refractivity contribution < 1.29 is 14.6 Å². The van der Waals surface area contributed by atoms with Gasteiger partial charge in [0, 0.05) is 0 Å². The van der Waals surface area contributed by atoms with E-state index in [0.29, 0.717) is 12.3 Å². The van der Waals surface area contributed by atoms with Gasteiger partial charge in [-0.3, -0.25) is 0 Å². The lowest BCUT2D eigenvalue weighted by Crippen LogP contribution is -2.50. The van der Waals surface area contributed by atoms with Gasteiger partial charge in [-0.2, -0.15) is 0 Å². The molecule has 1 aliphatic carbocycles. The fourth-order valence-electron chi connectivity index (χ4n) is 2.11. The highest BCUT2D eigenvalue weighted by Crippen LogP contribution is 2.38. The van der Waals surface area contributed by atoms with Crippen LogP contribution in [0.4, 0.5) is 0 Å². The number of methoxy groups -OCH3 is 1. The van der Waals surface area contributed by atoms with E-state index in [-0.39, 0.29) is 5.92 Å². The molecule has 0 heterocycles. The first-order valence-electron chi connectivity index (χ1n) is 4.83. The number of carbonyl (C=O) groups excluding carboxylic acids is 1. The van der Waals surface area contributed by atoms with E-state index >= 15 is 0 Å². The second kappa shape index (κ2) is 3.66. The number of hydrogen-bond donors (Lipinski definition) is 1. The molecule has 13 heavy (non-hydrogen) atoms. The van der Waals surface area contributed by atoms with Gasteiger partial charge in [0.05, 0.1) is 7.11 Å². The van der Waals surface area contributed by atoms with Crippen molar-refractivity contribution >= 4 is 5.97 Å². The van der Waals surface area contributed by atoms with Crippen molar-refractivity contribution in [2.24, 2.45) is 11.8 Å². The third-order valence-electron chi connectivity index (χ3n) is 3.36. The molecule has 0 amide bonds. The third kappa shape index (κ3) is 1.70. The highest BCUT2D eigenvalue weighted by Gasteiger charge is 2.46. The maximum atomic E-state index is 11.4. The lowest BCUT2D eigenvalue weighted by Gasteiger charge is -2.39. The van der Waals surface area contributed by atoms with Crippen molar-refractivity contribution in [2.75, 3.05) is 7.11 Å². The van der Waals surface area contributed by atoms with Gasteiger partial charge in [-0.25, -0.2) is 4.79 Å². The summed E-state index contributed by atoms with van der Waals surface area (Å²) in [5, 5.41) is 10.1. The molecule has 76 valence electrons. The van der Waals surface area contributed by atoms with Crippen LogP contribution < -0.4 is 0 Å². The van der Waals surface area contributed by atoms with Crippen LogP contribution in [-0.2, 0) is 9.53 Å². The van der Waals surface area contributed by atoms with E-state index in [0.717, 1.165) is 12.8 Å². The first-order chi connectivity index (χ1) is 6.02. The van der Waals surface area contributed by atoms with Crippen molar-refractivity contribution in [1.29, 1.82) is 0 Å². The average Bonchev–Trinajstić information content (AvgIpc) is 2.13. The minimum absolute atomic E-state index is 0.00583. The third-order valence-corrected chi connectivity index (χ3v) is 3.36. The molecule has 3 unspecified atom stereocenters. The summed E-state index contributed by atoms with van der Waals surface area (Å²) in [6.45, 7) is 3.98. The summed E-state index contributed by atoms with van der Waals surface area (Å²) >= 11 is 0. The van der Waals surface area contributed by atoms with Gasteiger partial charge in [-0.1, -0.05) is 20.3 Å². The molecule has 0 aromatic carbocycles. The number of ether oxygens (including phenoxy) is 1. The van der Waals surface area contributed by atoms with Crippen LogP contribution in [0.1, 0.15) is 33.1 Å². The first kappa shape index (κ1) is 10.5. The first-order valence-corrected chi connectivity index (χ1v) is 4.83. The molecule has 0 radical (unpaired) electrons. The van der Waals surface area contributed by atoms with Gasteiger partial charge in [0.2, 0.25) is 0 Å². The molecule has 3 atom stereocenters. The monoisotopic (exact) mass is 186 g/mol. The average molecular weight is 186 g/mol. The summed E-state index contributed by atoms with van der Waals surface area (Å²) in [4.78, 5) is 11.4. The fraction of sp³-hybridized carbons (Fsp3) is 0.900. The molecule has 1 rings (SSSR count). The van der Waals surface area contributed by atoms with Gasteiger partial charge in [-0.15, -0.1) is 0 Å². The SMILES string of the molecule is COC(=O)C1(O)CCCC(C)C1C. The van der Waals surface area contributed by atoms with E-state index in [4.69, 9.17) is 0 Å². The lowest BCUT2D eigenvalue weighted by atomic mass is 9.70. The molecule has 3 heteroatoms.